The van der Waals surface area contributed by atoms with E-state index in [9.17, 15) is 13.2 Å². The molecule has 2 rings (SSSR count). The first kappa shape index (κ1) is 14.8. The van der Waals surface area contributed by atoms with Gasteiger partial charge >= 0.3 is 0 Å². The molecule has 0 aromatic heterocycles. The molecule has 0 aliphatic heterocycles. The highest BCUT2D eigenvalue weighted by Crippen LogP contribution is 2.28. The molecule has 0 fully saturated rings. The Balaban J connectivity index is 2.40. The molecule has 0 spiro atoms. The van der Waals surface area contributed by atoms with E-state index in [2.05, 4.69) is 0 Å². The zero-order chi connectivity index (χ0) is 14.9. The van der Waals surface area contributed by atoms with Crippen LogP contribution in [0.1, 0.15) is 19.4 Å². The highest BCUT2D eigenvalue weighted by molar-refractivity contribution is 5.98. The maximum Gasteiger partial charge on any atom is 0.194 e. The highest BCUT2D eigenvalue weighted by atomic mass is 28.2. The lowest BCUT2D eigenvalue weighted by atomic mass is 9.95. The van der Waals surface area contributed by atoms with Crippen LogP contribution in [0.15, 0.2) is 36.4 Å². The first-order valence-corrected chi connectivity index (χ1v) is 6.97. The van der Waals surface area contributed by atoms with E-state index in [1.54, 1.807) is 12.1 Å². The van der Waals surface area contributed by atoms with Crippen molar-refractivity contribution in [1.29, 1.82) is 0 Å². The summed E-state index contributed by atoms with van der Waals surface area (Å²) in [5.74, 6) is -3.82. The third-order valence-corrected chi connectivity index (χ3v) is 4.43. The Morgan fingerprint density at radius 3 is 1.85 bits per heavy atom. The number of hydrogen-bond donors (Lipinski definition) is 0. The largest absolute Gasteiger partial charge is 0.419 e. The van der Waals surface area contributed by atoms with Crippen molar-refractivity contribution in [2.75, 3.05) is 0 Å². The number of hydrogen-bond acceptors (Lipinski definition) is 1. The fraction of sp³-hybridized carbons (Fsp3) is 0.200. The van der Waals surface area contributed by atoms with E-state index < -0.39 is 17.5 Å². The fourth-order valence-corrected chi connectivity index (χ4v) is 2.14. The zero-order valence-electron chi connectivity index (χ0n) is 11.5. The van der Waals surface area contributed by atoms with E-state index in [0.717, 1.165) is 17.7 Å². The molecule has 1 nitrogen and oxygen atoms in total. The molecule has 0 saturated heterocycles. The van der Waals surface area contributed by atoms with Gasteiger partial charge in [0.15, 0.2) is 17.5 Å². The molecule has 0 bridgehead atoms. The highest BCUT2D eigenvalue weighted by Gasteiger charge is 2.18. The lowest BCUT2D eigenvalue weighted by Crippen LogP contribution is -2.19. The smallest absolute Gasteiger partial charge is 0.194 e. The number of halogens is 3. The molecule has 0 aliphatic carbocycles. The predicted octanol–water partition coefficient (Wildman–Crippen LogP) is 3.30. The van der Waals surface area contributed by atoms with Gasteiger partial charge in [-0.2, -0.15) is 0 Å². The van der Waals surface area contributed by atoms with Gasteiger partial charge in [-0.15, -0.1) is 0 Å². The number of benzene rings is 2. The molecule has 0 unspecified atom stereocenters. The maximum absolute atomic E-state index is 13.2. The minimum atomic E-state index is -1.45. The molecular formula is C15H15F3OSi. The van der Waals surface area contributed by atoms with Crippen LogP contribution in [0.25, 0.3) is 11.1 Å². The summed E-state index contributed by atoms with van der Waals surface area (Å²) in [5, 5.41) is 0. The molecule has 2 aromatic carbocycles. The van der Waals surface area contributed by atoms with Crippen molar-refractivity contribution < 1.29 is 17.6 Å². The van der Waals surface area contributed by atoms with E-state index in [4.69, 9.17) is 4.43 Å². The fourth-order valence-electron chi connectivity index (χ4n) is 1.90. The van der Waals surface area contributed by atoms with E-state index in [0.29, 0.717) is 21.6 Å². The maximum atomic E-state index is 13.2. The van der Waals surface area contributed by atoms with Gasteiger partial charge in [-0.3, -0.25) is 0 Å². The molecule has 0 N–H and O–H groups in total. The SMILES string of the molecule is CC(C)(O[SiH3])c1ccc(-c2cc(F)c(F)c(F)c2)cc1. The number of rotatable bonds is 3. The van der Waals surface area contributed by atoms with Crippen LogP contribution in [-0.2, 0) is 10.0 Å². The van der Waals surface area contributed by atoms with Crippen molar-refractivity contribution in [3.63, 3.8) is 0 Å². The van der Waals surface area contributed by atoms with E-state index in [1.807, 2.05) is 26.0 Å². The molecule has 5 heteroatoms. The lowest BCUT2D eigenvalue weighted by Gasteiger charge is -2.24. The van der Waals surface area contributed by atoms with Crippen LogP contribution in [0.4, 0.5) is 13.2 Å². The van der Waals surface area contributed by atoms with E-state index >= 15 is 0 Å². The Morgan fingerprint density at radius 2 is 1.40 bits per heavy atom. The molecule has 0 heterocycles. The van der Waals surface area contributed by atoms with Gasteiger partial charge < -0.3 is 4.43 Å². The Hall–Kier alpha value is -1.59. The Bertz CT molecular complexity index is 601. The first-order chi connectivity index (χ1) is 9.35. The molecular weight excluding hydrogens is 281 g/mol. The summed E-state index contributed by atoms with van der Waals surface area (Å²) in [6, 6.07) is 9.13. The van der Waals surface area contributed by atoms with Crippen molar-refractivity contribution in [2.45, 2.75) is 19.4 Å². The normalized spacial score (nSPS) is 11.8. The first-order valence-electron chi connectivity index (χ1n) is 6.16. The minimum absolute atomic E-state index is 0.303. The molecule has 0 radical (unpaired) electrons. The third-order valence-electron chi connectivity index (χ3n) is 3.41. The van der Waals surface area contributed by atoms with Crippen LogP contribution >= 0.6 is 0 Å². The second-order valence-corrected chi connectivity index (χ2v) is 5.45. The van der Waals surface area contributed by atoms with Gasteiger partial charge in [0.2, 0.25) is 0 Å². The predicted molar refractivity (Wildman–Crippen MR) is 75.8 cm³/mol. The molecule has 106 valence electrons. The minimum Gasteiger partial charge on any atom is -0.419 e. The van der Waals surface area contributed by atoms with Crippen molar-refractivity contribution in [3.05, 3.63) is 59.4 Å². The average Bonchev–Trinajstić information content (AvgIpc) is 2.44. The lowest BCUT2D eigenvalue weighted by molar-refractivity contribution is 0.123. The Kier molecular flexibility index (Phi) is 4.01. The standard InChI is InChI=1S/C15H15F3OSi/c1-15(2,19-20)11-5-3-9(4-6-11)10-7-12(16)14(18)13(17)8-10/h3-8H,1-2,20H3. The second-order valence-electron chi connectivity index (χ2n) is 5.05. The van der Waals surface area contributed by atoms with Gasteiger partial charge in [0.05, 0.1) is 5.60 Å². The summed E-state index contributed by atoms with van der Waals surface area (Å²) in [4.78, 5) is 0. The van der Waals surface area contributed by atoms with Gasteiger partial charge in [0.25, 0.3) is 0 Å². The van der Waals surface area contributed by atoms with Crippen LogP contribution in [-0.4, -0.2) is 10.5 Å². The topological polar surface area (TPSA) is 9.23 Å². The summed E-state index contributed by atoms with van der Waals surface area (Å²) < 4.78 is 44.9. The van der Waals surface area contributed by atoms with Crippen LogP contribution in [0.5, 0.6) is 0 Å². The molecule has 0 amide bonds. The Morgan fingerprint density at radius 1 is 0.900 bits per heavy atom. The van der Waals surface area contributed by atoms with Crippen LogP contribution < -0.4 is 0 Å². The van der Waals surface area contributed by atoms with Crippen molar-refractivity contribution in [2.24, 2.45) is 0 Å². The summed E-state index contributed by atoms with van der Waals surface area (Å²) in [6.07, 6.45) is 0. The zero-order valence-corrected chi connectivity index (χ0v) is 13.5. The van der Waals surface area contributed by atoms with Gasteiger partial charge in [0, 0.05) is 0 Å². The van der Waals surface area contributed by atoms with E-state index in [1.165, 1.54) is 0 Å². The van der Waals surface area contributed by atoms with Gasteiger partial charge in [0.1, 0.15) is 10.5 Å². The van der Waals surface area contributed by atoms with Crippen molar-refractivity contribution in [1.82, 2.24) is 0 Å². The monoisotopic (exact) mass is 296 g/mol. The van der Waals surface area contributed by atoms with Crippen molar-refractivity contribution in [3.8, 4) is 11.1 Å². The van der Waals surface area contributed by atoms with Crippen LogP contribution in [0, 0.1) is 17.5 Å². The summed E-state index contributed by atoms with van der Waals surface area (Å²) in [7, 11) is 0.612. The molecule has 0 atom stereocenters. The van der Waals surface area contributed by atoms with Gasteiger partial charge in [-0.1, -0.05) is 24.3 Å². The summed E-state index contributed by atoms with van der Waals surface area (Å²) in [5.41, 5.74) is 1.51. The molecule has 20 heavy (non-hydrogen) atoms. The summed E-state index contributed by atoms with van der Waals surface area (Å²) >= 11 is 0. The molecule has 0 aliphatic rings. The Labute approximate surface area is 118 Å². The van der Waals surface area contributed by atoms with E-state index in [-0.39, 0.29) is 5.60 Å². The van der Waals surface area contributed by atoms with Crippen LogP contribution in [0.3, 0.4) is 0 Å². The quantitative estimate of drug-likeness (QED) is 0.624. The summed E-state index contributed by atoms with van der Waals surface area (Å²) in [6.45, 7) is 3.90. The van der Waals surface area contributed by atoms with Crippen molar-refractivity contribution >= 4 is 10.5 Å². The molecule has 2 aromatic rings. The molecule has 0 saturated carbocycles. The van der Waals surface area contributed by atoms with Crippen LogP contribution in [0.2, 0.25) is 0 Å². The second kappa shape index (κ2) is 5.42. The third kappa shape index (κ3) is 2.78. The average molecular weight is 296 g/mol. The van der Waals surface area contributed by atoms with Gasteiger partial charge in [-0.25, -0.2) is 13.2 Å². The van der Waals surface area contributed by atoms with Gasteiger partial charge in [-0.05, 0) is 42.7 Å².